The maximum absolute atomic E-state index is 12.4. The molecule has 2 aromatic rings. The van der Waals surface area contributed by atoms with E-state index in [2.05, 4.69) is 5.32 Å². The van der Waals surface area contributed by atoms with Gasteiger partial charge in [0.2, 0.25) is 10.0 Å². The van der Waals surface area contributed by atoms with Gasteiger partial charge in [0.1, 0.15) is 5.75 Å². The van der Waals surface area contributed by atoms with Gasteiger partial charge in [0.05, 0.1) is 18.6 Å². The molecule has 2 rings (SSSR count). The van der Waals surface area contributed by atoms with Gasteiger partial charge in [-0.25, -0.2) is 8.42 Å². The number of benzene rings is 2. The lowest BCUT2D eigenvalue weighted by atomic mass is 10.1. The molecule has 25 heavy (non-hydrogen) atoms. The highest BCUT2D eigenvalue weighted by Gasteiger charge is 2.14. The Morgan fingerprint density at radius 3 is 2.56 bits per heavy atom. The van der Waals surface area contributed by atoms with Crippen molar-refractivity contribution in [3.05, 3.63) is 59.7 Å². The maximum atomic E-state index is 12.4. The average Bonchev–Trinajstić information content (AvgIpc) is 2.59. The second-order valence-electron chi connectivity index (χ2n) is 5.50. The fourth-order valence-electron chi connectivity index (χ4n) is 2.26. The Morgan fingerprint density at radius 2 is 1.88 bits per heavy atom. The summed E-state index contributed by atoms with van der Waals surface area (Å²) in [7, 11) is -1.93. The molecule has 0 atom stereocenters. The Labute approximate surface area is 148 Å². The first-order valence-electron chi connectivity index (χ1n) is 7.85. The van der Waals surface area contributed by atoms with Crippen molar-refractivity contribution >= 4 is 21.6 Å². The van der Waals surface area contributed by atoms with Crippen LogP contribution in [-0.2, 0) is 16.6 Å². The summed E-state index contributed by atoms with van der Waals surface area (Å²) in [6, 6.07) is 14.0. The predicted octanol–water partition coefficient (Wildman–Crippen LogP) is 2.41. The quantitative estimate of drug-likeness (QED) is 0.821. The van der Waals surface area contributed by atoms with Crippen LogP contribution in [0.15, 0.2) is 48.5 Å². The third kappa shape index (κ3) is 4.96. The zero-order valence-electron chi connectivity index (χ0n) is 14.5. The van der Waals surface area contributed by atoms with E-state index in [1.165, 1.54) is 7.05 Å². The minimum atomic E-state index is -3.38. The Balaban J connectivity index is 2.12. The number of anilines is 1. The van der Waals surface area contributed by atoms with Gasteiger partial charge in [-0.15, -0.1) is 0 Å². The molecule has 6 nitrogen and oxygen atoms in total. The number of ether oxygens (including phenoxy) is 1. The zero-order chi connectivity index (χ0) is 18.4. The van der Waals surface area contributed by atoms with Crippen LogP contribution in [0.3, 0.4) is 0 Å². The maximum Gasteiger partial charge on any atom is 0.251 e. The second kappa shape index (κ2) is 8.02. The van der Waals surface area contributed by atoms with E-state index in [-0.39, 0.29) is 5.91 Å². The molecule has 0 radical (unpaired) electrons. The van der Waals surface area contributed by atoms with E-state index < -0.39 is 10.0 Å². The number of sulfonamides is 1. The molecule has 1 amide bonds. The summed E-state index contributed by atoms with van der Waals surface area (Å²) >= 11 is 0. The van der Waals surface area contributed by atoms with Crippen molar-refractivity contribution in [2.75, 3.05) is 24.2 Å². The van der Waals surface area contributed by atoms with Crippen LogP contribution in [0.25, 0.3) is 0 Å². The molecule has 0 unspecified atom stereocenters. The highest BCUT2D eigenvalue weighted by Crippen LogP contribution is 2.19. The summed E-state index contributed by atoms with van der Waals surface area (Å²) in [6.45, 7) is 2.77. The highest BCUT2D eigenvalue weighted by molar-refractivity contribution is 7.92. The third-order valence-electron chi connectivity index (χ3n) is 3.68. The first kappa shape index (κ1) is 18.8. The number of para-hydroxylation sites is 1. The van der Waals surface area contributed by atoms with Gasteiger partial charge in [-0.3, -0.25) is 9.10 Å². The third-order valence-corrected chi connectivity index (χ3v) is 4.89. The number of nitrogens with one attached hydrogen (secondary N) is 1. The molecule has 134 valence electrons. The molecule has 1 N–H and O–H groups in total. The van der Waals surface area contributed by atoms with Crippen LogP contribution >= 0.6 is 0 Å². The summed E-state index contributed by atoms with van der Waals surface area (Å²) in [5.41, 5.74) is 1.70. The van der Waals surface area contributed by atoms with Crippen LogP contribution in [0, 0.1) is 0 Å². The number of nitrogens with zero attached hydrogens (tertiary/aromatic N) is 1. The second-order valence-corrected chi connectivity index (χ2v) is 7.52. The van der Waals surface area contributed by atoms with E-state index in [4.69, 9.17) is 4.74 Å². The van der Waals surface area contributed by atoms with Crippen LogP contribution in [0.5, 0.6) is 5.75 Å². The van der Waals surface area contributed by atoms with E-state index >= 15 is 0 Å². The van der Waals surface area contributed by atoms with Crippen molar-refractivity contribution < 1.29 is 17.9 Å². The fourth-order valence-corrected chi connectivity index (χ4v) is 2.75. The average molecular weight is 362 g/mol. The van der Waals surface area contributed by atoms with Crippen molar-refractivity contribution in [3.8, 4) is 5.75 Å². The molecule has 0 saturated heterocycles. The lowest BCUT2D eigenvalue weighted by Crippen LogP contribution is -2.26. The Bertz CT molecular complexity index is 850. The van der Waals surface area contributed by atoms with Crippen LogP contribution in [-0.4, -0.2) is 34.2 Å². The molecule has 0 aromatic heterocycles. The number of rotatable bonds is 7. The molecular formula is C18H22N2O4S. The zero-order valence-corrected chi connectivity index (χ0v) is 15.3. The summed E-state index contributed by atoms with van der Waals surface area (Å²) in [5, 5.41) is 2.83. The Hall–Kier alpha value is -2.54. The first-order chi connectivity index (χ1) is 11.8. The van der Waals surface area contributed by atoms with Gasteiger partial charge in [-0.1, -0.05) is 24.3 Å². The molecule has 0 spiro atoms. The lowest BCUT2D eigenvalue weighted by molar-refractivity contribution is 0.0950. The van der Waals surface area contributed by atoms with Gasteiger partial charge < -0.3 is 10.1 Å². The van der Waals surface area contributed by atoms with E-state index in [1.807, 2.05) is 31.2 Å². The van der Waals surface area contributed by atoms with Crippen LogP contribution in [0.1, 0.15) is 22.8 Å². The van der Waals surface area contributed by atoms with Crippen molar-refractivity contribution in [2.45, 2.75) is 13.5 Å². The molecule has 0 aliphatic heterocycles. The number of carbonyl (C=O) groups excluding carboxylic acids is 1. The molecule has 0 aliphatic carbocycles. The van der Waals surface area contributed by atoms with Gasteiger partial charge in [0, 0.05) is 24.7 Å². The molecule has 7 heteroatoms. The normalized spacial score (nSPS) is 11.0. The van der Waals surface area contributed by atoms with Crippen LogP contribution in [0.2, 0.25) is 0 Å². The predicted molar refractivity (Wildman–Crippen MR) is 98.5 cm³/mol. The van der Waals surface area contributed by atoms with E-state index in [0.29, 0.717) is 24.4 Å². The summed E-state index contributed by atoms with van der Waals surface area (Å²) < 4.78 is 29.9. The Morgan fingerprint density at radius 1 is 1.16 bits per heavy atom. The molecule has 0 heterocycles. The molecule has 0 saturated carbocycles. The fraction of sp³-hybridized carbons (Fsp3) is 0.278. The van der Waals surface area contributed by atoms with E-state index in [0.717, 1.165) is 21.9 Å². The largest absolute Gasteiger partial charge is 0.494 e. The summed E-state index contributed by atoms with van der Waals surface area (Å²) in [6.07, 6.45) is 1.12. The molecule has 0 aliphatic rings. The SMILES string of the molecule is CCOc1ccccc1CNC(=O)c1cccc(N(C)S(C)(=O)=O)c1. The lowest BCUT2D eigenvalue weighted by Gasteiger charge is -2.17. The van der Waals surface area contributed by atoms with Crippen LogP contribution in [0.4, 0.5) is 5.69 Å². The topological polar surface area (TPSA) is 75.7 Å². The van der Waals surface area contributed by atoms with Crippen molar-refractivity contribution in [2.24, 2.45) is 0 Å². The van der Waals surface area contributed by atoms with E-state index in [9.17, 15) is 13.2 Å². The molecule has 2 aromatic carbocycles. The monoisotopic (exact) mass is 362 g/mol. The van der Waals surface area contributed by atoms with Crippen molar-refractivity contribution in [1.82, 2.24) is 5.32 Å². The van der Waals surface area contributed by atoms with Gasteiger partial charge in [-0.2, -0.15) is 0 Å². The standard InChI is InChI=1S/C18H22N2O4S/c1-4-24-17-11-6-5-8-15(17)13-19-18(21)14-9-7-10-16(12-14)20(2)25(3,22)23/h5-12H,4,13H2,1-3H3,(H,19,21). The minimum Gasteiger partial charge on any atom is -0.494 e. The Kier molecular flexibility index (Phi) is 6.03. The smallest absolute Gasteiger partial charge is 0.251 e. The first-order valence-corrected chi connectivity index (χ1v) is 9.70. The van der Waals surface area contributed by atoms with Gasteiger partial charge >= 0.3 is 0 Å². The minimum absolute atomic E-state index is 0.282. The summed E-state index contributed by atoms with van der Waals surface area (Å²) in [5.74, 6) is 0.450. The van der Waals surface area contributed by atoms with Crippen molar-refractivity contribution in [1.29, 1.82) is 0 Å². The number of amides is 1. The number of carbonyl (C=O) groups is 1. The number of hydrogen-bond acceptors (Lipinski definition) is 4. The molecule has 0 fully saturated rings. The van der Waals surface area contributed by atoms with Gasteiger partial charge in [0.25, 0.3) is 5.91 Å². The summed E-state index contributed by atoms with van der Waals surface area (Å²) in [4.78, 5) is 12.4. The van der Waals surface area contributed by atoms with Crippen LogP contribution < -0.4 is 14.4 Å². The van der Waals surface area contributed by atoms with Gasteiger partial charge in [0.15, 0.2) is 0 Å². The van der Waals surface area contributed by atoms with Gasteiger partial charge in [-0.05, 0) is 31.2 Å². The highest BCUT2D eigenvalue weighted by atomic mass is 32.2. The molecular weight excluding hydrogens is 340 g/mol. The number of hydrogen-bond donors (Lipinski definition) is 1. The molecule has 0 bridgehead atoms. The van der Waals surface area contributed by atoms with E-state index in [1.54, 1.807) is 24.3 Å². The van der Waals surface area contributed by atoms with Crippen molar-refractivity contribution in [3.63, 3.8) is 0 Å².